The van der Waals surface area contributed by atoms with Crippen LogP contribution in [-0.2, 0) is 11.3 Å². The average molecular weight is 375 g/mol. The van der Waals surface area contributed by atoms with Crippen molar-refractivity contribution in [2.75, 3.05) is 19.9 Å². The molecule has 2 heterocycles. The van der Waals surface area contributed by atoms with Crippen LogP contribution in [0.4, 0.5) is 4.79 Å². The molecule has 0 atom stereocenters. The molecular formula is C20H29N3O4. The number of hydrogen-bond donors (Lipinski definition) is 2. The molecular weight excluding hydrogens is 346 g/mol. The second-order valence-corrected chi connectivity index (χ2v) is 7.13. The van der Waals surface area contributed by atoms with E-state index in [4.69, 9.17) is 9.47 Å². The number of likely N-dealkylation sites (tertiary alicyclic amines) is 1. The lowest BCUT2D eigenvalue weighted by molar-refractivity contribution is -0.136. The summed E-state index contributed by atoms with van der Waals surface area (Å²) in [6, 6.07) is 5.56. The summed E-state index contributed by atoms with van der Waals surface area (Å²) in [5, 5.41) is 5.90. The summed E-state index contributed by atoms with van der Waals surface area (Å²) in [6.07, 6.45) is 3.36. The highest BCUT2D eigenvalue weighted by Crippen LogP contribution is 2.32. The number of hydrogen-bond acceptors (Lipinski definition) is 4. The van der Waals surface area contributed by atoms with Gasteiger partial charge < -0.3 is 25.0 Å². The molecule has 0 radical (unpaired) electrons. The van der Waals surface area contributed by atoms with Gasteiger partial charge >= 0.3 is 6.03 Å². The number of nitrogens with zero attached hydrogens (tertiary/aromatic N) is 1. The average Bonchev–Trinajstić information content (AvgIpc) is 3.15. The van der Waals surface area contributed by atoms with Crippen LogP contribution in [0.5, 0.6) is 11.5 Å². The van der Waals surface area contributed by atoms with Crippen molar-refractivity contribution in [3.63, 3.8) is 0 Å². The monoisotopic (exact) mass is 375 g/mol. The second-order valence-electron chi connectivity index (χ2n) is 7.13. The number of ether oxygens (including phenoxy) is 2. The molecule has 1 aromatic rings. The highest BCUT2D eigenvalue weighted by molar-refractivity contribution is 5.79. The maximum absolute atomic E-state index is 12.4. The Labute approximate surface area is 160 Å². The van der Waals surface area contributed by atoms with Crippen LogP contribution in [-0.4, -0.2) is 42.8 Å². The number of rotatable bonds is 6. The molecule has 0 aliphatic carbocycles. The van der Waals surface area contributed by atoms with Gasteiger partial charge in [0.1, 0.15) is 0 Å². The molecule has 2 aliphatic heterocycles. The van der Waals surface area contributed by atoms with Crippen molar-refractivity contribution in [3.8, 4) is 11.5 Å². The minimum absolute atomic E-state index is 0.104. The van der Waals surface area contributed by atoms with Crippen LogP contribution in [0.3, 0.4) is 0 Å². The number of amides is 3. The summed E-state index contributed by atoms with van der Waals surface area (Å²) >= 11 is 0. The summed E-state index contributed by atoms with van der Waals surface area (Å²) in [5.74, 6) is 1.83. The lowest BCUT2D eigenvalue weighted by Gasteiger charge is -2.34. The Balaban J connectivity index is 1.40. The number of carbonyl (C=O) groups is 2. The molecule has 0 spiro atoms. The van der Waals surface area contributed by atoms with Gasteiger partial charge in [0.15, 0.2) is 11.5 Å². The maximum Gasteiger partial charge on any atom is 0.315 e. The van der Waals surface area contributed by atoms with Crippen LogP contribution in [0.15, 0.2) is 18.2 Å². The van der Waals surface area contributed by atoms with E-state index in [-0.39, 0.29) is 30.7 Å². The first-order valence-electron chi connectivity index (χ1n) is 9.82. The molecule has 27 heavy (non-hydrogen) atoms. The van der Waals surface area contributed by atoms with E-state index < -0.39 is 0 Å². The molecule has 0 saturated carbocycles. The van der Waals surface area contributed by atoms with Crippen LogP contribution in [0.1, 0.15) is 45.1 Å². The molecule has 0 unspecified atom stereocenters. The zero-order valence-corrected chi connectivity index (χ0v) is 16.1. The van der Waals surface area contributed by atoms with E-state index >= 15 is 0 Å². The highest BCUT2D eigenvalue weighted by atomic mass is 16.7. The van der Waals surface area contributed by atoms with E-state index in [0.29, 0.717) is 25.4 Å². The topological polar surface area (TPSA) is 79.9 Å². The molecule has 3 rings (SSSR count). The highest BCUT2D eigenvalue weighted by Gasteiger charge is 2.27. The van der Waals surface area contributed by atoms with Gasteiger partial charge in [0.2, 0.25) is 12.7 Å². The number of nitrogens with one attached hydrogen (secondary N) is 2. The van der Waals surface area contributed by atoms with Crippen molar-refractivity contribution in [3.05, 3.63) is 23.8 Å². The first kappa shape index (κ1) is 19.3. The fourth-order valence-corrected chi connectivity index (χ4v) is 3.61. The number of piperidine rings is 1. The molecule has 1 fully saturated rings. The van der Waals surface area contributed by atoms with Gasteiger partial charge in [-0.3, -0.25) is 4.79 Å². The fraction of sp³-hybridized carbons (Fsp3) is 0.600. The molecule has 7 heteroatoms. The van der Waals surface area contributed by atoms with Crippen molar-refractivity contribution in [1.29, 1.82) is 0 Å². The lowest BCUT2D eigenvalue weighted by Crippen LogP contribution is -2.50. The largest absolute Gasteiger partial charge is 0.454 e. The van der Waals surface area contributed by atoms with Crippen LogP contribution >= 0.6 is 0 Å². The van der Waals surface area contributed by atoms with Crippen LogP contribution < -0.4 is 20.1 Å². The Morgan fingerprint density at radius 2 is 1.85 bits per heavy atom. The standard InChI is InChI=1S/C20H29N3O4/c1-3-15(4-2)19(24)23-9-7-16(8-10-23)22-20(25)21-12-14-5-6-17-18(11-14)27-13-26-17/h5-6,11,15-16H,3-4,7-10,12-13H2,1-2H3,(H2,21,22,25). The number of carbonyl (C=O) groups excluding carboxylic acids is 2. The van der Waals surface area contributed by atoms with Crippen molar-refractivity contribution >= 4 is 11.9 Å². The van der Waals surface area contributed by atoms with Crippen molar-refractivity contribution in [1.82, 2.24) is 15.5 Å². The molecule has 2 N–H and O–H groups in total. The summed E-state index contributed by atoms with van der Waals surface area (Å²) < 4.78 is 10.6. The summed E-state index contributed by atoms with van der Waals surface area (Å²) in [7, 11) is 0. The van der Waals surface area contributed by atoms with Crippen LogP contribution in [0, 0.1) is 5.92 Å². The molecule has 1 saturated heterocycles. The van der Waals surface area contributed by atoms with Crippen molar-refractivity contribution in [2.45, 2.75) is 52.1 Å². The van der Waals surface area contributed by atoms with Gasteiger partial charge in [-0.2, -0.15) is 0 Å². The summed E-state index contributed by atoms with van der Waals surface area (Å²) in [6.45, 7) is 6.21. The fourth-order valence-electron chi connectivity index (χ4n) is 3.61. The molecule has 0 bridgehead atoms. The third kappa shape index (κ3) is 4.84. The quantitative estimate of drug-likeness (QED) is 0.801. The summed E-state index contributed by atoms with van der Waals surface area (Å²) in [5.41, 5.74) is 0.958. The Morgan fingerprint density at radius 3 is 2.56 bits per heavy atom. The molecule has 0 aromatic heterocycles. The van der Waals surface area contributed by atoms with Gasteiger partial charge in [-0.25, -0.2) is 4.79 Å². The van der Waals surface area contributed by atoms with Gasteiger partial charge in [0.05, 0.1) is 0 Å². The van der Waals surface area contributed by atoms with Gasteiger partial charge in [-0.1, -0.05) is 19.9 Å². The molecule has 7 nitrogen and oxygen atoms in total. The predicted molar refractivity (Wildman–Crippen MR) is 102 cm³/mol. The number of urea groups is 1. The normalized spacial score (nSPS) is 16.5. The third-order valence-corrected chi connectivity index (χ3v) is 5.37. The van der Waals surface area contributed by atoms with E-state index in [0.717, 1.165) is 37.0 Å². The third-order valence-electron chi connectivity index (χ3n) is 5.37. The Kier molecular flexibility index (Phi) is 6.42. The minimum Gasteiger partial charge on any atom is -0.454 e. The van der Waals surface area contributed by atoms with E-state index in [1.807, 2.05) is 23.1 Å². The first-order valence-corrected chi connectivity index (χ1v) is 9.82. The molecule has 3 amide bonds. The maximum atomic E-state index is 12.4. The zero-order chi connectivity index (χ0) is 19.2. The SMILES string of the molecule is CCC(CC)C(=O)N1CCC(NC(=O)NCc2ccc3c(c2)OCO3)CC1. The molecule has 2 aliphatic rings. The summed E-state index contributed by atoms with van der Waals surface area (Å²) in [4.78, 5) is 26.6. The molecule has 1 aromatic carbocycles. The van der Waals surface area contributed by atoms with E-state index in [1.165, 1.54) is 0 Å². The zero-order valence-electron chi connectivity index (χ0n) is 16.1. The smallest absolute Gasteiger partial charge is 0.315 e. The van der Waals surface area contributed by atoms with E-state index in [2.05, 4.69) is 24.5 Å². The minimum atomic E-state index is -0.183. The Morgan fingerprint density at radius 1 is 1.15 bits per heavy atom. The van der Waals surface area contributed by atoms with Crippen LogP contribution in [0.2, 0.25) is 0 Å². The van der Waals surface area contributed by atoms with Crippen LogP contribution in [0.25, 0.3) is 0 Å². The first-order chi connectivity index (χ1) is 13.1. The van der Waals surface area contributed by atoms with Gasteiger partial charge in [0, 0.05) is 31.6 Å². The van der Waals surface area contributed by atoms with E-state index in [9.17, 15) is 9.59 Å². The molecule has 148 valence electrons. The number of fused-ring (bicyclic) bond motifs is 1. The van der Waals surface area contributed by atoms with Gasteiger partial charge in [-0.05, 0) is 43.4 Å². The lowest BCUT2D eigenvalue weighted by atomic mass is 9.98. The van der Waals surface area contributed by atoms with Gasteiger partial charge in [-0.15, -0.1) is 0 Å². The number of benzene rings is 1. The Hall–Kier alpha value is -2.44. The van der Waals surface area contributed by atoms with Crippen molar-refractivity contribution in [2.24, 2.45) is 5.92 Å². The van der Waals surface area contributed by atoms with E-state index in [1.54, 1.807) is 0 Å². The second kappa shape index (κ2) is 8.97. The van der Waals surface area contributed by atoms with Gasteiger partial charge in [0.25, 0.3) is 0 Å². The Bertz CT molecular complexity index is 667. The van der Waals surface area contributed by atoms with Crippen molar-refractivity contribution < 1.29 is 19.1 Å². The predicted octanol–water partition coefficient (Wildman–Crippen LogP) is 2.64.